The van der Waals surface area contributed by atoms with Crippen LogP contribution in [0.15, 0.2) is 58.2 Å². The molecule has 1 amide bonds. The molecule has 0 radical (unpaired) electrons. The topological polar surface area (TPSA) is 254 Å². The second-order valence-electron chi connectivity index (χ2n) is 15.2. The third-order valence-corrected chi connectivity index (χ3v) is 11.9. The molecule has 57 heavy (non-hydrogen) atoms. The van der Waals surface area contributed by atoms with E-state index in [0.717, 1.165) is 6.07 Å². The van der Waals surface area contributed by atoms with Gasteiger partial charge in [0.15, 0.2) is 11.4 Å². The van der Waals surface area contributed by atoms with E-state index in [4.69, 9.17) is 0 Å². The zero-order valence-corrected chi connectivity index (χ0v) is 31.4. The molecule has 6 atom stereocenters. The Kier molecular flexibility index (Phi) is 9.56. The van der Waals surface area contributed by atoms with Gasteiger partial charge in [0.1, 0.15) is 34.2 Å². The number of anilines is 1. The predicted octanol–water partition coefficient (Wildman–Crippen LogP) is 0.183. The van der Waals surface area contributed by atoms with Gasteiger partial charge >= 0.3 is 5.97 Å². The molecular weight excluding hydrogens is 749 g/mol. The number of aromatic nitrogens is 1. The molecule has 2 aromatic carbocycles. The first kappa shape index (κ1) is 39.6. The lowest BCUT2D eigenvalue weighted by Gasteiger charge is -2.55. The van der Waals surface area contributed by atoms with Crippen molar-refractivity contribution < 1.29 is 59.3 Å². The number of phenols is 1. The van der Waals surface area contributed by atoms with E-state index in [0.29, 0.717) is 12.1 Å². The van der Waals surface area contributed by atoms with Crippen LogP contribution in [0.4, 0.5) is 10.1 Å². The monoisotopic (exact) mass is 791 g/mol. The molecule has 17 nitrogen and oxygen atoms in total. The summed E-state index contributed by atoms with van der Waals surface area (Å²) in [6, 6.07) is 4.88. The fourth-order valence-corrected chi connectivity index (χ4v) is 9.05. The molecule has 1 aliphatic heterocycles. The van der Waals surface area contributed by atoms with Crippen LogP contribution < -0.4 is 15.6 Å². The maximum Gasteiger partial charge on any atom is 0.341 e. The Labute approximate surface area is 323 Å². The van der Waals surface area contributed by atoms with E-state index in [1.165, 1.54) is 56.4 Å². The van der Waals surface area contributed by atoms with Crippen LogP contribution in [0.5, 0.6) is 5.75 Å². The number of fused-ring (bicyclic) bond motifs is 4. The third-order valence-electron chi connectivity index (χ3n) is 11.9. The van der Waals surface area contributed by atoms with Gasteiger partial charge in [0.05, 0.1) is 58.6 Å². The number of amides is 1. The summed E-state index contributed by atoms with van der Waals surface area (Å²) in [6.07, 6.45) is -0.742. The highest BCUT2D eigenvalue weighted by Crippen LogP contribution is 2.57. The maximum atomic E-state index is 15.4. The molecule has 18 heteroatoms. The number of pyridine rings is 1. The molecule has 2 unspecified atom stereocenters. The van der Waals surface area contributed by atoms with Gasteiger partial charge in [-0.05, 0) is 51.7 Å². The largest absolute Gasteiger partial charge is 0.508 e. The van der Waals surface area contributed by atoms with E-state index in [1.54, 1.807) is 21.3 Å². The van der Waals surface area contributed by atoms with Crippen LogP contribution in [-0.2, 0) is 26.5 Å². The van der Waals surface area contributed by atoms with Crippen molar-refractivity contribution in [2.24, 2.45) is 11.8 Å². The first-order valence-electron chi connectivity index (χ1n) is 18.2. The third kappa shape index (κ3) is 5.73. The Balaban J connectivity index is 1.14. The Morgan fingerprint density at radius 3 is 2.32 bits per heavy atom. The number of Topliss-reactive ketones (excluding diaryl/α,β-unsaturated/α-hetero) is 2. The number of carboxylic acid groups (broad SMARTS) is 1. The summed E-state index contributed by atoms with van der Waals surface area (Å²) in [5, 5.41) is 81.2. The molecule has 1 saturated heterocycles. The van der Waals surface area contributed by atoms with Gasteiger partial charge in [0, 0.05) is 44.3 Å². The van der Waals surface area contributed by atoms with Gasteiger partial charge in [-0.2, -0.15) is 0 Å². The van der Waals surface area contributed by atoms with Crippen molar-refractivity contribution in [3.63, 3.8) is 0 Å². The van der Waals surface area contributed by atoms with Gasteiger partial charge in [-0.3, -0.25) is 29.0 Å². The quantitative estimate of drug-likeness (QED) is 0.149. The van der Waals surface area contributed by atoms with Crippen molar-refractivity contribution >= 4 is 45.8 Å². The molecule has 3 aliphatic carbocycles. The molecule has 4 aliphatic rings. The number of carbonyl (C=O) groups excluding carboxylic acids is 3. The number of carboxylic acids is 1. The van der Waals surface area contributed by atoms with Crippen LogP contribution in [-0.4, -0.2) is 138 Å². The van der Waals surface area contributed by atoms with Gasteiger partial charge in [-0.1, -0.05) is 12.1 Å². The molecule has 3 aromatic rings. The summed E-state index contributed by atoms with van der Waals surface area (Å²) in [5.74, 6) is -11.9. The minimum atomic E-state index is -3.14. The summed E-state index contributed by atoms with van der Waals surface area (Å²) in [5.41, 5.74) is -8.03. The second-order valence-corrected chi connectivity index (χ2v) is 15.2. The molecule has 2 fully saturated rings. The number of halogens is 1. The van der Waals surface area contributed by atoms with Crippen LogP contribution in [0.2, 0.25) is 0 Å². The molecule has 2 heterocycles. The van der Waals surface area contributed by atoms with Gasteiger partial charge < -0.3 is 50.5 Å². The predicted molar refractivity (Wildman–Crippen MR) is 200 cm³/mol. The van der Waals surface area contributed by atoms with Crippen molar-refractivity contribution in [2.45, 2.75) is 43.7 Å². The van der Waals surface area contributed by atoms with E-state index < -0.39 is 104 Å². The Morgan fingerprint density at radius 2 is 1.70 bits per heavy atom. The Bertz CT molecular complexity index is 2400. The number of hydrogen-bond donors (Lipinski definition) is 8. The van der Waals surface area contributed by atoms with E-state index >= 15 is 4.39 Å². The first-order chi connectivity index (χ1) is 26.8. The zero-order chi connectivity index (χ0) is 41.6. The zero-order valence-electron chi connectivity index (χ0n) is 31.4. The summed E-state index contributed by atoms with van der Waals surface area (Å²) in [4.78, 5) is 71.3. The Morgan fingerprint density at radius 1 is 1.04 bits per heavy atom. The number of piperazine rings is 1. The first-order valence-corrected chi connectivity index (χ1v) is 18.2. The van der Waals surface area contributed by atoms with Gasteiger partial charge in [-0.25, -0.2) is 9.18 Å². The van der Waals surface area contributed by atoms with Crippen LogP contribution in [0.1, 0.15) is 35.3 Å². The van der Waals surface area contributed by atoms with Crippen molar-refractivity contribution in [1.29, 1.82) is 0 Å². The average Bonchev–Trinajstić information content (AvgIpc) is 3.15. The van der Waals surface area contributed by atoms with Crippen LogP contribution in [0.25, 0.3) is 16.7 Å². The Hall–Kier alpha value is -5.66. The minimum absolute atomic E-state index is 0.0313. The second kappa shape index (κ2) is 13.8. The number of phenolic OH excluding ortho intramolecular Hbond substituents is 1. The van der Waals surface area contributed by atoms with E-state index in [2.05, 4.69) is 5.32 Å². The molecule has 7 rings (SSSR count). The molecule has 0 spiro atoms. The number of aromatic carboxylic acids is 1. The lowest BCUT2D eigenvalue weighted by atomic mass is 9.53. The number of nitrogens with one attached hydrogen (secondary N) is 1. The average molecular weight is 792 g/mol. The highest BCUT2D eigenvalue weighted by atomic mass is 19.1. The van der Waals surface area contributed by atoms with Crippen LogP contribution in [0, 0.1) is 17.7 Å². The number of aliphatic hydroxyl groups is 5. The number of benzene rings is 2. The molecule has 8 N–H and O–H groups in total. The van der Waals surface area contributed by atoms with Crippen molar-refractivity contribution in [3.05, 3.63) is 86.2 Å². The van der Waals surface area contributed by atoms with Crippen molar-refractivity contribution in [2.75, 3.05) is 51.8 Å². The van der Waals surface area contributed by atoms with Crippen molar-refractivity contribution in [1.82, 2.24) is 19.7 Å². The number of aliphatic hydroxyl groups excluding tert-OH is 3. The SMILES string of the molecule is CCn1cc(C(=O)O)c(=O)c2cc(F)c(N3CCN(CNC(=O)C4=C(O)[C@@]5(O)C(=O)C6=C(O)c7c(O)cccc7[C@@](C)(O)C6[C@H](O)C5[C@H](N(C)C)C4=O)CC3)cc21. The number of aromatic hydroxyl groups is 1. The molecule has 0 bridgehead atoms. The number of ketones is 2. The number of carbonyl (C=O) groups is 4. The summed E-state index contributed by atoms with van der Waals surface area (Å²) in [6.45, 7) is 4.13. The number of nitrogens with zero attached hydrogens (tertiary/aromatic N) is 4. The van der Waals surface area contributed by atoms with Crippen LogP contribution >= 0.6 is 0 Å². The van der Waals surface area contributed by atoms with E-state index in [9.17, 15) is 59.7 Å². The highest BCUT2D eigenvalue weighted by molar-refractivity contribution is 6.25. The minimum Gasteiger partial charge on any atom is -0.508 e. The van der Waals surface area contributed by atoms with E-state index in [-0.39, 0.29) is 55.0 Å². The van der Waals surface area contributed by atoms with E-state index in [1.807, 2.05) is 0 Å². The number of rotatable bonds is 7. The summed E-state index contributed by atoms with van der Waals surface area (Å²) in [7, 11) is 2.81. The fourth-order valence-electron chi connectivity index (χ4n) is 9.05. The maximum absolute atomic E-state index is 15.4. The fraction of sp³-hybridized carbons (Fsp3) is 0.410. The molecule has 302 valence electrons. The summed E-state index contributed by atoms with van der Waals surface area (Å²) >= 11 is 0. The normalized spacial score (nSPS) is 27.8. The number of aryl methyl sites for hydroxylation is 1. The molecule has 1 aromatic heterocycles. The molecular formula is C39H42FN5O12. The van der Waals surface area contributed by atoms with Crippen LogP contribution in [0.3, 0.4) is 0 Å². The van der Waals surface area contributed by atoms with Gasteiger partial charge in [-0.15, -0.1) is 0 Å². The number of likely N-dealkylation sites (N-methyl/N-ethyl adjacent to an activating group) is 1. The standard InChI is InChI=1S/C39H42FN5O12/c1-5-44-15-18(37(54)55)30(47)17-13-20(40)22(14-21(17)44)45-11-9-43(10-12-45)16-41-36(53)26-32(49)29(42(3)4)28-33(50)27-25(34(51)39(28,57)35(26)52)31(48)24-19(38(27,2)56)7-6-8-23(24)46/h6-8,13-15,27-29,33,46,48,50,52,56-57H,5,9-12,16H2,1-4H3,(H,41,53)(H,54,55)/t27?,28?,29-,33-,38+,39-/m0/s1. The summed E-state index contributed by atoms with van der Waals surface area (Å²) < 4.78 is 17.0. The lowest BCUT2D eigenvalue weighted by molar-refractivity contribution is -0.181. The highest BCUT2D eigenvalue weighted by Gasteiger charge is 2.70. The van der Waals surface area contributed by atoms with Crippen molar-refractivity contribution in [3.8, 4) is 5.75 Å². The van der Waals surface area contributed by atoms with Gasteiger partial charge in [0.25, 0.3) is 5.91 Å². The smallest absolute Gasteiger partial charge is 0.341 e. The number of hydrogen-bond acceptors (Lipinski definition) is 14. The molecule has 1 saturated carbocycles. The lowest BCUT2D eigenvalue weighted by Crippen LogP contribution is -2.72. The van der Waals surface area contributed by atoms with Gasteiger partial charge in [0.2, 0.25) is 11.2 Å².